The largest absolute Gasteiger partial charge is 0.381 e. The quantitative estimate of drug-likeness (QED) is 0.692. The van der Waals surface area contributed by atoms with Crippen LogP contribution in [0.5, 0.6) is 0 Å². The van der Waals surface area contributed by atoms with E-state index in [1.165, 1.54) is 12.8 Å². The molecule has 0 amide bonds. The minimum Gasteiger partial charge on any atom is -0.381 e. The van der Waals surface area contributed by atoms with Crippen LogP contribution in [0.2, 0.25) is 0 Å². The van der Waals surface area contributed by atoms with E-state index in [2.05, 4.69) is 26.1 Å². The van der Waals surface area contributed by atoms with Crippen molar-refractivity contribution in [3.63, 3.8) is 0 Å². The Bertz CT molecular complexity index is 356. The molecule has 1 unspecified atom stereocenters. The molecule has 19 heavy (non-hydrogen) atoms. The van der Waals surface area contributed by atoms with Crippen molar-refractivity contribution >= 4 is 5.78 Å². The number of ketones is 1. The number of aliphatic hydroxyl groups is 1. The molecule has 0 aromatic rings. The first-order valence-electron chi connectivity index (χ1n) is 7.19. The molecule has 0 aromatic carbocycles. The third-order valence-electron chi connectivity index (χ3n) is 3.44. The Hall–Kier alpha value is -1.03. The average molecular weight is 268 g/mol. The van der Waals surface area contributed by atoms with E-state index in [9.17, 15) is 9.90 Å². The van der Waals surface area contributed by atoms with Gasteiger partial charge >= 0.3 is 0 Å². The van der Waals surface area contributed by atoms with E-state index in [0.717, 1.165) is 18.7 Å². The first kappa shape index (κ1) is 16.0. The van der Waals surface area contributed by atoms with Crippen molar-refractivity contribution in [3.8, 4) is 0 Å². The van der Waals surface area contributed by atoms with E-state index in [-0.39, 0.29) is 5.78 Å². The molecule has 0 saturated carbocycles. The number of nitrogens with one attached hydrogen (secondary N) is 1. The van der Waals surface area contributed by atoms with E-state index in [0.29, 0.717) is 17.7 Å². The summed E-state index contributed by atoms with van der Waals surface area (Å²) < 4.78 is 0. The zero-order chi connectivity index (χ0) is 14.6. The lowest BCUT2D eigenvalue weighted by molar-refractivity contribution is -0.126. The van der Waals surface area contributed by atoms with Crippen molar-refractivity contribution in [1.29, 1.82) is 0 Å². The molecule has 0 heterocycles. The Morgan fingerprint density at radius 2 is 1.95 bits per heavy atom. The van der Waals surface area contributed by atoms with Crippen molar-refractivity contribution in [2.45, 2.75) is 53.1 Å². The van der Waals surface area contributed by atoms with Gasteiger partial charge in [-0.3, -0.25) is 4.79 Å². The topological polar surface area (TPSA) is 52.6 Å². The molecule has 1 rings (SSSR count). The lowest BCUT2D eigenvalue weighted by atomic mass is 9.89. The first-order valence-corrected chi connectivity index (χ1v) is 7.19. The number of carbonyl (C=O) groups is 1. The smallest absolute Gasteiger partial charge is 0.215 e. The van der Waals surface area contributed by atoms with Crippen molar-refractivity contribution in [1.82, 2.24) is 10.2 Å². The van der Waals surface area contributed by atoms with Crippen LogP contribution in [0, 0.1) is 5.41 Å². The van der Waals surface area contributed by atoms with Crippen molar-refractivity contribution in [2.24, 2.45) is 5.41 Å². The van der Waals surface area contributed by atoms with Gasteiger partial charge in [0.2, 0.25) is 5.78 Å². The predicted octanol–water partition coefficient (Wildman–Crippen LogP) is 1.90. The molecule has 2 N–H and O–H groups in total. The molecule has 110 valence electrons. The minimum absolute atomic E-state index is 0.182. The lowest BCUT2D eigenvalue weighted by Gasteiger charge is -2.35. The first-order chi connectivity index (χ1) is 8.78. The second-order valence-corrected chi connectivity index (χ2v) is 6.50. The number of carbonyl (C=O) groups excluding carboxylic acids is 1. The van der Waals surface area contributed by atoms with Crippen LogP contribution in [0.15, 0.2) is 11.4 Å². The van der Waals surface area contributed by atoms with Gasteiger partial charge in [0.15, 0.2) is 6.10 Å². The highest BCUT2D eigenvalue weighted by molar-refractivity contribution is 6.07. The Morgan fingerprint density at radius 1 is 1.32 bits per heavy atom. The van der Waals surface area contributed by atoms with Gasteiger partial charge in [0.1, 0.15) is 5.70 Å². The molecule has 4 heteroatoms. The van der Waals surface area contributed by atoms with Gasteiger partial charge in [-0.2, -0.15) is 0 Å². The summed E-state index contributed by atoms with van der Waals surface area (Å²) in [5.41, 5.74) is 1.72. The third kappa shape index (κ3) is 4.23. The summed E-state index contributed by atoms with van der Waals surface area (Å²) in [4.78, 5) is 13.5. The summed E-state index contributed by atoms with van der Waals surface area (Å²) in [5, 5.41) is 12.8. The molecule has 0 bridgehead atoms. The molecule has 1 aliphatic carbocycles. The number of likely N-dealkylation sites (N-methyl/N-ethyl adjacent to an activating group) is 2. The summed E-state index contributed by atoms with van der Waals surface area (Å²) in [7, 11) is 1.94. The second kappa shape index (κ2) is 6.42. The van der Waals surface area contributed by atoms with Crippen molar-refractivity contribution < 1.29 is 9.90 Å². The van der Waals surface area contributed by atoms with Gasteiger partial charge in [0, 0.05) is 20.1 Å². The summed E-state index contributed by atoms with van der Waals surface area (Å²) in [6, 6.07) is 0. The fourth-order valence-electron chi connectivity index (χ4n) is 2.32. The van der Waals surface area contributed by atoms with Gasteiger partial charge in [-0.15, -0.1) is 0 Å². The normalized spacial score (nSPS) is 19.5. The average Bonchev–Trinajstić information content (AvgIpc) is 2.32. The number of unbranched alkanes of at least 4 members (excludes halogenated alkanes) is 1. The number of rotatable bonds is 7. The maximum atomic E-state index is 11.5. The van der Waals surface area contributed by atoms with Crippen molar-refractivity contribution in [2.75, 3.05) is 20.1 Å². The number of hydrogen-bond acceptors (Lipinski definition) is 4. The molecule has 0 spiro atoms. The molecule has 0 fully saturated rings. The van der Waals surface area contributed by atoms with Crippen LogP contribution in [0.25, 0.3) is 0 Å². The standard InChI is InChI=1S/C15H28N2O2/c1-6-16-11-12(14(19)13(11)18)17(5)10-8-7-9-15(2,3)4/h14,16,19H,6-10H2,1-5H3. The summed E-state index contributed by atoms with van der Waals surface area (Å²) in [6.45, 7) is 10.3. The predicted molar refractivity (Wildman–Crippen MR) is 77.7 cm³/mol. The fraction of sp³-hybridized carbons (Fsp3) is 0.800. The van der Waals surface area contributed by atoms with Gasteiger partial charge in [-0.25, -0.2) is 0 Å². The van der Waals surface area contributed by atoms with E-state index in [4.69, 9.17) is 0 Å². The summed E-state index contributed by atoms with van der Waals surface area (Å²) in [5.74, 6) is -0.182. The van der Waals surface area contributed by atoms with Gasteiger partial charge in [0.25, 0.3) is 0 Å². The Labute approximate surface area is 116 Å². The van der Waals surface area contributed by atoms with Crippen molar-refractivity contribution in [3.05, 3.63) is 11.4 Å². The van der Waals surface area contributed by atoms with Gasteiger partial charge < -0.3 is 15.3 Å². The highest BCUT2D eigenvalue weighted by Crippen LogP contribution is 2.26. The summed E-state index contributed by atoms with van der Waals surface area (Å²) >= 11 is 0. The van der Waals surface area contributed by atoms with Crippen LogP contribution in [0.4, 0.5) is 0 Å². The zero-order valence-electron chi connectivity index (χ0n) is 12.9. The zero-order valence-corrected chi connectivity index (χ0v) is 12.9. The Morgan fingerprint density at radius 3 is 2.47 bits per heavy atom. The molecular weight excluding hydrogens is 240 g/mol. The molecule has 0 aliphatic heterocycles. The molecule has 0 aromatic heterocycles. The van der Waals surface area contributed by atoms with Crippen LogP contribution in [0.1, 0.15) is 47.0 Å². The third-order valence-corrected chi connectivity index (χ3v) is 3.44. The molecule has 1 atom stereocenters. The van der Waals surface area contributed by atoms with Gasteiger partial charge in [-0.1, -0.05) is 27.2 Å². The number of aliphatic hydroxyl groups excluding tert-OH is 1. The van der Waals surface area contributed by atoms with E-state index >= 15 is 0 Å². The minimum atomic E-state index is -0.929. The summed E-state index contributed by atoms with van der Waals surface area (Å²) in [6.07, 6.45) is 2.52. The van der Waals surface area contributed by atoms with E-state index < -0.39 is 6.10 Å². The monoisotopic (exact) mass is 268 g/mol. The Balaban J connectivity index is 2.45. The van der Waals surface area contributed by atoms with Crippen LogP contribution >= 0.6 is 0 Å². The van der Waals surface area contributed by atoms with Gasteiger partial charge in [-0.05, 0) is 25.2 Å². The SMILES string of the molecule is CCNC1=C(N(C)CCCCC(C)(C)C)C(O)C1=O. The van der Waals surface area contributed by atoms with E-state index in [1.807, 2.05) is 18.9 Å². The molecular formula is C15H28N2O2. The number of hydrogen-bond donors (Lipinski definition) is 2. The van der Waals surface area contributed by atoms with Crippen LogP contribution < -0.4 is 5.32 Å². The fourth-order valence-corrected chi connectivity index (χ4v) is 2.32. The lowest BCUT2D eigenvalue weighted by Crippen LogP contribution is -2.48. The Kier molecular flexibility index (Phi) is 5.41. The highest BCUT2D eigenvalue weighted by Gasteiger charge is 2.39. The molecule has 1 aliphatic rings. The highest BCUT2D eigenvalue weighted by atomic mass is 16.3. The van der Waals surface area contributed by atoms with Crippen LogP contribution in [-0.2, 0) is 4.79 Å². The molecule has 4 nitrogen and oxygen atoms in total. The maximum Gasteiger partial charge on any atom is 0.215 e. The van der Waals surface area contributed by atoms with Crippen LogP contribution in [-0.4, -0.2) is 42.0 Å². The number of nitrogens with zero attached hydrogens (tertiary/aromatic N) is 1. The molecule has 0 saturated heterocycles. The maximum absolute atomic E-state index is 11.5. The molecule has 0 radical (unpaired) electrons. The number of Topliss-reactive ketones (excluding diaryl/α,β-unsaturated/α-hetero) is 1. The van der Waals surface area contributed by atoms with E-state index in [1.54, 1.807) is 0 Å². The second-order valence-electron chi connectivity index (χ2n) is 6.50. The van der Waals surface area contributed by atoms with Crippen LogP contribution in [0.3, 0.4) is 0 Å². The van der Waals surface area contributed by atoms with Gasteiger partial charge in [0.05, 0.1) is 5.70 Å².